The Kier molecular flexibility index (Phi) is 2.32. The van der Waals surface area contributed by atoms with Crippen molar-refractivity contribution in [3.8, 4) is 0 Å². The van der Waals surface area contributed by atoms with Crippen molar-refractivity contribution in [3.63, 3.8) is 0 Å². The molecule has 1 aromatic rings. The second-order valence-electron chi connectivity index (χ2n) is 3.26. The first-order chi connectivity index (χ1) is 7.15. The van der Waals surface area contributed by atoms with Crippen LogP contribution in [-0.4, -0.2) is 17.3 Å². The van der Waals surface area contributed by atoms with Gasteiger partial charge < -0.3 is 4.79 Å². The van der Waals surface area contributed by atoms with Gasteiger partial charge in [0.25, 0.3) is 5.69 Å². The van der Waals surface area contributed by atoms with Crippen LogP contribution in [0.5, 0.6) is 0 Å². The van der Waals surface area contributed by atoms with Crippen LogP contribution >= 0.6 is 11.8 Å². The molecule has 0 fully saturated rings. The average molecular weight is 227 g/mol. The second-order valence-corrected chi connectivity index (χ2v) is 3.62. The summed E-state index contributed by atoms with van der Waals surface area (Å²) in [7, 11) is 0. The summed E-state index contributed by atoms with van der Waals surface area (Å²) < 4.78 is 1.14. The quantitative estimate of drug-likeness (QED) is 0.333. The molecular weight excluding hydrogens is 220 g/mol. The van der Waals surface area contributed by atoms with E-state index in [4.69, 9.17) is 11.8 Å². The third kappa shape index (κ3) is 1.45. The van der Waals surface area contributed by atoms with Crippen LogP contribution in [0.15, 0.2) is 18.2 Å². The summed E-state index contributed by atoms with van der Waals surface area (Å²) in [4.78, 5) is 20.9. The number of rotatable bonds is 2. The molecule has 1 aliphatic heterocycles. The van der Waals surface area contributed by atoms with Crippen molar-refractivity contribution in [3.05, 3.63) is 33.9 Å². The van der Waals surface area contributed by atoms with Gasteiger partial charge in [-0.25, -0.2) is 0 Å². The number of hydrogen-bond acceptors (Lipinski definition) is 4. The molecule has 0 aliphatic carbocycles. The number of halogens is 1. The number of para-hydroxylation sites is 1. The number of nitro groups is 1. The fraction of sp³-hybridized carbons (Fsp3) is 0.222. The predicted octanol–water partition coefficient (Wildman–Crippen LogP) is 1.68. The molecule has 0 spiro atoms. The Labute approximate surface area is 90.5 Å². The van der Waals surface area contributed by atoms with Gasteiger partial charge in [0, 0.05) is 24.3 Å². The van der Waals surface area contributed by atoms with Crippen LogP contribution in [0.2, 0.25) is 0 Å². The molecular formula is C9H7ClN2O3. The lowest BCUT2D eigenvalue weighted by Gasteiger charge is -2.12. The normalized spacial score (nSPS) is 18.7. The first-order valence-electron chi connectivity index (χ1n) is 4.31. The largest absolute Gasteiger partial charge is 0.301 e. The number of carbonyl (C=O) groups excluding carboxylic acids is 1. The van der Waals surface area contributed by atoms with E-state index in [-0.39, 0.29) is 5.69 Å². The molecule has 0 amide bonds. The molecule has 15 heavy (non-hydrogen) atoms. The number of anilines is 1. The maximum absolute atomic E-state index is 10.7. The summed E-state index contributed by atoms with van der Waals surface area (Å²) in [6.45, 7) is 0. The number of carbonyl (C=O) groups is 1. The second kappa shape index (κ2) is 3.51. The summed E-state index contributed by atoms with van der Waals surface area (Å²) >= 11 is 5.86. The van der Waals surface area contributed by atoms with Gasteiger partial charge in [-0.05, 0) is 5.56 Å². The zero-order chi connectivity index (χ0) is 11.0. The van der Waals surface area contributed by atoms with E-state index in [0.717, 1.165) is 9.98 Å². The molecule has 1 aliphatic rings. The van der Waals surface area contributed by atoms with E-state index in [1.54, 1.807) is 12.1 Å². The van der Waals surface area contributed by atoms with E-state index in [1.165, 1.54) is 6.07 Å². The van der Waals surface area contributed by atoms with Crippen molar-refractivity contribution in [1.82, 2.24) is 0 Å². The SMILES string of the molecule is O=CC1Cc2cccc([N+](=O)[O-])c2N1Cl. The number of hydrogen-bond donors (Lipinski definition) is 0. The summed E-state index contributed by atoms with van der Waals surface area (Å²) in [5.74, 6) is 0. The first kappa shape index (κ1) is 9.92. The minimum absolute atomic E-state index is 0.0631. The average Bonchev–Trinajstić information content (AvgIpc) is 2.55. The number of nitrogens with zero attached hydrogens (tertiary/aromatic N) is 2. The standard InChI is InChI=1S/C9H7ClN2O3/c10-11-7(5-13)4-6-2-1-3-8(9(6)11)12(14)15/h1-3,5,7H,4H2. The third-order valence-corrected chi connectivity index (χ3v) is 2.81. The smallest absolute Gasteiger partial charge is 0.294 e. The van der Waals surface area contributed by atoms with Gasteiger partial charge in [-0.1, -0.05) is 12.1 Å². The molecule has 2 rings (SSSR count). The molecule has 1 atom stereocenters. The van der Waals surface area contributed by atoms with Crippen LogP contribution in [0.25, 0.3) is 0 Å². The summed E-state index contributed by atoms with van der Waals surface area (Å²) in [5, 5.41) is 10.7. The highest BCUT2D eigenvalue weighted by Gasteiger charge is 2.34. The van der Waals surface area contributed by atoms with Gasteiger partial charge in [0.1, 0.15) is 18.0 Å². The zero-order valence-corrected chi connectivity index (χ0v) is 8.35. The van der Waals surface area contributed by atoms with Crippen molar-refractivity contribution in [2.45, 2.75) is 12.5 Å². The molecule has 5 nitrogen and oxygen atoms in total. The predicted molar refractivity (Wildman–Crippen MR) is 55.0 cm³/mol. The van der Waals surface area contributed by atoms with E-state index in [0.29, 0.717) is 18.4 Å². The van der Waals surface area contributed by atoms with Gasteiger partial charge in [0.2, 0.25) is 0 Å². The van der Waals surface area contributed by atoms with E-state index < -0.39 is 11.0 Å². The van der Waals surface area contributed by atoms with Crippen LogP contribution in [0.1, 0.15) is 5.56 Å². The summed E-state index contributed by atoms with van der Waals surface area (Å²) in [6, 6.07) is 4.19. The third-order valence-electron chi connectivity index (χ3n) is 2.39. The monoisotopic (exact) mass is 226 g/mol. The molecule has 0 saturated carbocycles. The molecule has 0 N–H and O–H groups in total. The van der Waals surface area contributed by atoms with Crippen LogP contribution in [-0.2, 0) is 11.2 Å². The van der Waals surface area contributed by atoms with E-state index in [2.05, 4.69) is 0 Å². The van der Waals surface area contributed by atoms with Crippen LogP contribution in [0.3, 0.4) is 0 Å². The molecule has 0 bridgehead atoms. The molecule has 1 aromatic carbocycles. The topological polar surface area (TPSA) is 63.4 Å². The molecule has 1 unspecified atom stereocenters. The highest BCUT2D eigenvalue weighted by Crippen LogP contribution is 2.40. The minimum atomic E-state index is -0.511. The van der Waals surface area contributed by atoms with Crippen LogP contribution in [0.4, 0.5) is 11.4 Å². The number of nitro benzene ring substituents is 1. The molecule has 0 aromatic heterocycles. The Morgan fingerprint density at radius 1 is 1.60 bits per heavy atom. The summed E-state index contributed by atoms with van der Waals surface area (Å²) in [5.41, 5.74) is 1.00. The van der Waals surface area contributed by atoms with Gasteiger partial charge in [0.05, 0.1) is 4.92 Å². The molecule has 0 radical (unpaired) electrons. The minimum Gasteiger partial charge on any atom is -0.301 e. The highest BCUT2D eigenvalue weighted by molar-refractivity contribution is 6.28. The fourth-order valence-electron chi connectivity index (χ4n) is 1.71. The Morgan fingerprint density at radius 2 is 2.33 bits per heavy atom. The van der Waals surface area contributed by atoms with Gasteiger partial charge in [-0.15, -0.1) is 0 Å². The summed E-state index contributed by atoms with van der Waals surface area (Å²) in [6.07, 6.45) is 1.11. The van der Waals surface area contributed by atoms with Gasteiger partial charge in [0.15, 0.2) is 0 Å². The van der Waals surface area contributed by atoms with Gasteiger partial charge >= 0.3 is 0 Å². The van der Waals surface area contributed by atoms with E-state index >= 15 is 0 Å². The molecule has 6 heteroatoms. The number of fused-ring (bicyclic) bond motifs is 1. The Morgan fingerprint density at radius 3 is 2.93 bits per heavy atom. The lowest BCUT2D eigenvalue weighted by Crippen LogP contribution is -2.24. The van der Waals surface area contributed by atoms with E-state index in [9.17, 15) is 14.9 Å². The first-order valence-corrected chi connectivity index (χ1v) is 4.65. The van der Waals surface area contributed by atoms with Crippen LogP contribution in [0, 0.1) is 10.1 Å². The van der Waals surface area contributed by atoms with Crippen molar-refractivity contribution in [2.75, 3.05) is 4.42 Å². The van der Waals surface area contributed by atoms with Gasteiger partial charge in [-0.2, -0.15) is 0 Å². The maximum Gasteiger partial charge on any atom is 0.294 e. The van der Waals surface area contributed by atoms with Crippen molar-refractivity contribution in [2.24, 2.45) is 0 Å². The fourth-order valence-corrected chi connectivity index (χ4v) is 2.02. The molecule has 1 heterocycles. The zero-order valence-electron chi connectivity index (χ0n) is 7.59. The lowest BCUT2D eigenvalue weighted by molar-refractivity contribution is -0.384. The lowest BCUT2D eigenvalue weighted by atomic mass is 10.1. The maximum atomic E-state index is 10.7. The highest BCUT2D eigenvalue weighted by atomic mass is 35.5. The van der Waals surface area contributed by atoms with Gasteiger partial charge in [-0.3, -0.25) is 14.5 Å². The van der Waals surface area contributed by atoms with E-state index in [1.807, 2.05) is 0 Å². The van der Waals surface area contributed by atoms with Crippen molar-refractivity contribution < 1.29 is 9.72 Å². The number of aldehydes is 1. The van der Waals surface area contributed by atoms with Crippen LogP contribution < -0.4 is 4.42 Å². The Bertz CT molecular complexity index is 435. The number of benzene rings is 1. The molecule has 78 valence electrons. The Hall–Kier alpha value is -1.62. The molecule has 0 saturated heterocycles. The Balaban J connectivity index is 2.55. The van der Waals surface area contributed by atoms with Crippen molar-refractivity contribution >= 4 is 29.4 Å². The van der Waals surface area contributed by atoms with Crippen molar-refractivity contribution in [1.29, 1.82) is 0 Å².